The molecule has 7 heteroatoms. The highest BCUT2D eigenvalue weighted by Gasteiger charge is 2.11. The Hall–Kier alpha value is -4.62. The smallest absolute Gasteiger partial charge is 0.182 e. The second kappa shape index (κ2) is 14.4. The Labute approximate surface area is 229 Å². The quantitative estimate of drug-likeness (QED) is 0.122. The van der Waals surface area contributed by atoms with E-state index < -0.39 is 0 Å². The zero-order valence-electron chi connectivity index (χ0n) is 22.0. The normalized spacial score (nSPS) is 11.9. The van der Waals surface area contributed by atoms with E-state index in [1.807, 2.05) is 109 Å². The van der Waals surface area contributed by atoms with Crippen molar-refractivity contribution in [3.8, 4) is 11.5 Å². The Balaban J connectivity index is 1.22. The highest BCUT2D eigenvalue weighted by Crippen LogP contribution is 2.21. The van der Waals surface area contributed by atoms with E-state index in [4.69, 9.17) is 30.2 Å². The average Bonchev–Trinajstić information content (AvgIpc) is 2.99. The molecular weight excluding hydrogens is 490 g/mol. The van der Waals surface area contributed by atoms with Gasteiger partial charge in [0.2, 0.25) is 0 Å². The fourth-order valence-electron chi connectivity index (χ4n) is 3.84. The predicted molar refractivity (Wildman–Crippen MR) is 153 cm³/mol. The van der Waals surface area contributed by atoms with Gasteiger partial charge in [0, 0.05) is 18.0 Å². The summed E-state index contributed by atoms with van der Waals surface area (Å²) in [5.74, 6) is 1.64. The summed E-state index contributed by atoms with van der Waals surface area (Å²) >= 11 is 0. The minimum absolute atomic E-state index is 0.168. The van der Waals surface area contributed by atoms with E-state index in [1.54, 1.807) is 0 Å². The van der Waals surface area contributed by atoms with Crippen molar-refractivity contribution < 1.29 is 19.0 Å². The van der Waals surface area contributed by atoms with Crippen LogP contribution in [0.15, 0.2) is 114 Å². The van der Waals surface area contributed by atoms with Crippen LogP contribution in [-0.4, -0.2) is 25.3 Å². The lowest BCUT2D eigenvalue weighted by molar-refractivity contribution is 0.210. The zero-order valence-corrected chi connectivity index (χ0v) is 22.0. The fraction of sp³-hybridized carbons (Fsp3) is 0.188. The number of rotatable bonds is 13. The molecule has 39 heavy (non-hydrogen) atoms. The molecule has 0 saturated carbocycles. The predicted octanol–water partition coefficient (Wildman–Crippen LogP) is 6.28. The Morgan fingerprint density at radius 1 is 0.744 bits per heavy atom. The summed E-state index contributed by atoms with van der Waals surface area (Å²) in [6.45, 7) is 1.08. The van der Waals surface area contributed by atoms with Gasteiger partial charge in [0.15, 0.2) is 5.90 Å². The summed E-state index contributed by atoms with van der Waals surface area (Å²) in [6.07, 6.45) is 0.325. The van der Waals surface area contributed by atoms with E-state index in [-0.39, 0.29) is 11.9 Å². The molecule has 200 valence electrons. The van der Waals surface area contributed by atoms with Crippen LogP contribution < -0.4 is 15.2 Å². The molecule has 3 N–H and O–H groups in total. The third-order valence-electron chi connectivity index (χ3n) is 5.98. The lowest BCUT2D eigenvalue weighted by Gasteiger charge is -2.14. The van der Waals surface area contributed by atoms with Crippen LogP contribution in [0.4, 0.5) is 0 Å². The zero-order chi connectivity index (χ0) is 27.3. The van der Waals surface area contributed by atoms with Gasteiger partial charge in [0.05, 0.1) is 0 Å². The molecule has 7 nitrogen and oxygen atoms in total. The number of nitrogens with one attached hydrogen (secondary N) is 1. The first-order valence-electron chi connectivity index (χ1n) is 12.7. The molecule has 0 bridgehead atoms. The van der Waals surface area contributed by atoms with Crippen LogP contribution >= 0.6 is 0 Å². The summed E-state index contributed by atoms with van der Waals surface area (Å²) in [4.78, 5) is 4.97. The molecule has 0 aliphatic rings. The van der Waals surface area contributed by atoms with Crippen LogP contribution in [0.25, 0.3) is 0 Å². The van der Waals surface area contributed by atoms with Crippen molar-refractivity contribution in [1.29, 1.82) is 5.41 Å². The van der Waals surface area contributed by atoms with E-state index in [9.17, 15) is 0 Å². The van der Waals surface area contributed by atoms with Crippen molar-refractivity contribution in [1.82, 2.24) is 0 Å². The molecule has 0 amide bonds. The summed E-state index contributed by atoms with van der Waals surface area (Å²) in [5.41, 5.74) is 10.9. The summed E-state index contributed by atoms with van der Waals surface area (Å²) in [6, 6.07) is 34.6. The molecule has 0 spiro atoms. The third-order valence-corrected chi connectivity index (χ3v) is 5.98. The molecule has 1 unspecified atom stereocenters. The lowest BCUT2D eigenvalue weighted by Crippen LogP contribution is -2.16. The van der Waals surface area contributed by atoms with E-state index >= 15 is 0 Å². The molecule has 0 aliphatic heterocycles. The van der Waals surface area contributed by atoms with Crippen molar-refractivity contribution in [2.24, 2.45) is 10.9 Å². The van der Waals surface area contributed by atoms with Crippen molar-refractivity contribution in [3.63, 3.8) is 0 Å². The monoisotopic (exact) mass is 523 g/mol. The van der Waals surface area contributed by atoms with Gasteiger partial charge in [-0.25, -0.2) is 0 Å². The minimum Gasteiger partial charge on any atom is -0.489 e. The van der Waals surface area contributed by atoms with E-state index in [1.165, 1.54) is 7.11 Å². The molecule has 4 aromatic rings. The van der Waals surface area contributed by atoms with Crippen molar-refractivity contribution in [2.75, 3.05) is 13.7 Å². The first-order chi connectivity index (χ1) is 19.1. The first kappa shape index (κ1) is 27.4. The third kappa shape index (κ3) is 8.72. The SMILES string of the molecule is CON=C(COc1ccc(COc2ccc(C(N)CC(=N)OCc3ccccc3)cc2)cc1)c1ccccc1. The Kier molecular flexibility index (Phi) is 10.1. The van der Waals surface area contributed by atoms with Crippen molar-refractivity contribution in [3.05, 3.63) is 131 Å². The van der Waals surface area contributed by atoms with Gasteiger partial charge in [-0.3, -0.25) is 5.41 Å². The summed E-state index contributed by atoms with van der Waals surface area (Å²) in [7, 11) is 1.52. The maximum Gasteiger partial charge on any atom is 0.182 e. The van der Waals surface area contributed by atoms with Crippen LogP contribution in [0.1, 0.15) is 34.7 Å². The van der Waals surface area contributed by atoms with Gasteiger partial charge in [0.25, 0.3) is 0 Å². The van der Waals surface area contributed by atoms with Crippen LogP contribution in [0.5, 0.6) is 11.5 Å². The molecule has 0 heterocycles. The van der Waals surface area contributed by atoms with Crippen molar-refractivity contribution in [2.45, 2.75) is 25.7 Å². The lowest BCUT2D eigenvalue weighted by atomic mass is 10.0. The highest BCUT2D eigenvalue weighted by molar-refractivity contribution is 6.01. The maximum absolute atomic E-state index is 8.09. The van der Waals surface area contributed by atoms with E-state index in [0.717, 1.165) is 33.8 Å². The number of nitrogens with zero attached hydrogens (tertiary/aromatic N) is 1. The largest absolute Gasteiger partial charge is 0.489 e. The van der Waals surface area contributed by atoms with Crippen LogP contribution in [0.2, 0.25) is 0 Å². The molecule has 0 radical (unpaired) electrons. The number of hydrogen-bond acceptors (Lipinski definition) is 7. The maximum atomic E-state index is 8.09. The standard InChI is InChI=1S/C32H33N3O4/c1-36-35-31(27-10-6-3-7-11-27)23-38-28-16-12-25(13-17-28)21-37-29-18-14-26(15-19-29)30(33)20-32(34)39-22-24-8-4-2-5-9-24/h2-19,30,34H,20-23,33H2,1H3. The molecule has 1 atom stereocenters. The molecular formula is C32H33N3O4. The topological polar surface area (TPSA) is 99.1 Å². The highest BCUT2D eigenvalue weighted by atomic mass is 16.6. The van der Waals surface area contributed by atoms with Crippen LogP contribution in [-0.2, 0) is 22.8 Å². The summed E-state index contributed by atoms with van der Waals surface area (Å²) < 4.78 is 17.4. The van der Waals surface area contributed by atoms with Crippen LogP contribution in [0, 0.1) is 5.41 Å². The van der Waals surface area contributed by atoms with Crippen molar-refractivity contribution >= 4 is 11.6 Å². The van der Waals surface area contributed by atoms with Gasteiger partial charge >= 0.3 is 0 Å². The molecule has 0 aromatic heterocycles. The van der Waals surface area contributed by atoms with E-state index in [2.05, 4.69) is 5.16 Å². The second-order valence-electron chi connectivity index (χ2n) is 8.88. The number of nitrogens with two attached hydrogens (primary N) is 1. The summed E-state index contributed by atoms with van der Waals surface area (Å²) in [5, 5.41) is 12.2. The number of oxime groups is 1. The fourth-order valence-corrected chi connectivity index (χ4v) is 3.84. The van der Waals surface area contributed by atoms with Gasteiger partial charge in [-0.15, -0.1) is 0 Å². The van der Waals surface area contributed by atoms with Gasteiger partial charge in [0.1, 0.15) is 44.1 Å². The molecule has 0 fully saturated rings. The minimum atomic E-state index is -0.328. The van der Waals surface area contributed by atoms with E-state index in [0.29, 0.717) is 32.0 Å². The van der Waals surface area contributed by atoms with Gasteiger partial charge in [-0.1, -0.05) is 90.1 Å². The number of hydrogen-bond donors (Lipinski definition) is 2. The molecule has 4 rings (SSSR count). The average molecular weight is 524 g/mol. The number of benzene rings is 4. The molecule has 0 saturated heterocycles. The number of ether oxygens (including phenoxy) is 3. The van der Waals surface area contributed by atoms with Crippen LogP contribution in [0.3, 0.4) is 0 Å². The Bertz CT molecular complexity index is 1330. The van der Waals surface area contributed by atoms with Gasteiger partial charge < -0.3 is 24.8 Å². The van der Waals surface area contributed by atoms with Gasteiger partial charge in [-0.2, -0.15) is 0 Å². The Morgan fingerprint density at radius 3 is 2.00 bits per heavy atom. The molecule has 0 aliphatic carbocycles. The first-order valence-corrected chi connectivity index (χ1v) is 12.7. The van der Waals surface area contributed by atoms with Gasteiger partial charge in [-0.05, 0) is 41.0 Å². The Morgan fingerprint density at radius 2 is 1.33 bits per heavy atom. The second-order valence-corrected chi connectivity index (χ2v) is 8.88. The molecule has 4 aromatic carbocycles.